The molecule has 1 saturated heterocycles. The number of halogens is 4. The zero-order valence-electron chi connectivity index (χ0n) is 15.1. The van der Waals surface area contributed by atoms with E-state index in [2.05, 4.69) is 10.2 Å². The van der Waals surface area contributed by atoms with Crippen molar-refractivity contribution in [3.8, 4) is 0 Å². The van der Waals surface area contributed by atoms with Crippen molar-refractivity contribution in [3.63, 3.8) is 0 Å². The van der Waals surface area contributed by atoms with Crippen molar-refractivity contribution in [3.05, 3.63) is 29.3 Å². The van der Waals surface area contributed by atoms with Crippen LogP contribution in [-0.2, 0) is 4.79 Å². The van der Waals surface area contributed by atoms with Gasteiger partial charge in [0.15, 0.2) is 0 Å². The lowest BCUT2D eigenvalue weighted by molar-refractivity contribution is -0.184. The van der Waals surface area contributed by atoms with Crippen LogP contribution in [0.3, 0.4) is 0 Å². The normalized spacial score (nSPS) is 24.7. The number of carbonyl (C=O) groups excluding carboxylic acids is 1. The van der Waals surface area contributed by atoms with Crippen molar-refractivity contribution in [1.29, 1.82) is 0 Å². The molecule has 1 aliphatic carbocycles. The summed E-state index contributed by atoms with van der Waals surface area (Å²) in [5.74, 6) is -1.48. The Morgan fingerprint density at radius 1 is 1.15 bits per heavy atom. The molecule has 0 aromatic heterocycles. The van der Waals surface area contributed by atoms with E-state index < -0.39 is 12.1 Å². The van der Waals surface area contributed by atoms with Gasteiger partial charge in [0.1, 0.15) is 0 Å². The number of benzene rings is 1. The molecule has 3 rings (SSSR count). The van der Waals surface area contributed by atoms with Crippen molar-refractivity contribution in [2.45, 2.75) is 37.9 Å². The van der Waals surface area contributed by atoms with Gasteiger partial charge < -0.3 is 10.2 Å². The first kappa shape index (κ1) is 20.3. The van der Waals surface area contributed by atoms with E-state index in [1.54, 1.807) is 0 Å². The number of rotatable bonds is 4. The van der Waals surface area contributed by atoms with Crippen LogP contribution in [0.5, 0.6) is 0 Å². The van der Waals surface area contributed by atoms with Crippen LogP contribution >= 0.6 is 11.6 Å². The number of anilines is 1. The molecular weight excluding hydrogens is 379 g/mol. The largest absolute Gasteiger partial charge is 0.391 e. The summed E-state index contributed by atoms with van der Waals surface area (Å²) in [6.45, 7) is 3.18. The van der Waals surface area contributed by atoms with E-state index >= 15 is 0 Å². The van der Waals surface area contributed by atoms with E-state index in [9.17, 15) is 18.0 Å². The Bertz CT molecular complexity index is 647. The second-order valence-electron chi connectivity index (χ2n) is 7.38. The third kappa shape index (κ3) is 5.51. The molecule has 0 spiro atoms. The van der Waals surface area contributed by atoms with Gasteiger partial charge >= 0.3 is 6.18 Å². The first-order valence-electron chi connectivity index (χ1n) is 9.41. The van der Waals surface area contributed by atoms with Crippen molar-refractivity contribution in [1.82, 2.24) is 10.2 Å². The molecule has 1 aromatic carbocycles. The summed E-state index contributed by atoms with van der Waals surface area (Å²) in [5, 5.41) is 3.51. The topological polar surface area (TPSA) is 35.6 Å². The van der Waals surface area contributed by atoms with E-state index in [0.717, 1.165) is 18.8 Å². The average Bonchev–Trinajstić information content (AvgIpc) is 2.62. The minimum atomic E-state index is -4.17. The number of hydrogen-bond acceptors (Lipinski definition) is 3. The maximum atomic E-state index is 12.9. The van der Waals surface area contributed by atoms with Crippen LogP contribution in [0.2, 0.25) is 5.02 Å². The summed E-state index contributed by atoms with van der Waals surface area (Å²) in [7, 11) is 0. The number of alkyl halides is 3. The van der Waals surface area contributed by atoms with Crippen molar-refractivity contribution >= 4 is 23.2 Å². The van der Waals surface area contributed by atoms with Gasteiger partial charge in [-0.2, -0.15) is 13.2 Å². The molecule has 27 heavy (non-hydrogen) atoms. The quantitative estimate of drug-likeness (QED) is 0.832. The lowest BCUT2D eigenvalue weighted by Crippen LogP contribution is -2.51. The molecule has 1 N–H and O–H groups in total. The number of nitrogens with zero attached hydrogens (tertiary/aromatic N) is 2. The lowest BCUT2D eigenvalue weighted by Gasteiger charge is -2.36. The zero-order chi connectivity index (χ0) is 19.4. The number of piperazine rings is 1. The molecule has 1 amide bonds. The van der Waals surface area contributed by atoms with Crippen molar-refractivity contribution in [2.75, 3.05) is 37.6 Å². The van der Waals surface area contributed by atoms with E-state index in [1.807, 2.05) is 29.2 Å². The highest BCUT2D eigenvalue weighted by Crippen LogP contribution is 2.37. The molecule has 1 heterocycles. The molecule has 1 aromatic rings. The Hall–Kier alpha value is -1.47. The van der Waals surface area contributed by atoms with Crippen LogP contribution in [0.15, 0.2) is 24.3 Å². The fourth-order valence-corrected chi connectivity index (χ4v) is 4.20. The highest BCUT2D eigenvalue weighted by atomic mass is 35.5. The fraction of sp³-hybridized carbons (Fsp3) is 0.632. The van der Waals surface area contributed by atoms with Gasteiger partial charge in [-0.15, -0.1) is 0 Å². The van der Waals surface area contributed by atoms with Crippen LogP contribution in [0, 0.1) is 5.92 Å². The molecule has 8 heteroatoms. The SMILES string of the molecule is O=C(CN1CCN(c2ccccc2Cl)CC1)N[C@H]1CCC[C@H](C(F)(F)F)C1. The molecule has 2 fully saturated rings. The van der Waals surface area contributed by atoms with E-state index in [4.69, 9.17) is 11.6 Å². The Labute approximate surface area is 162 Å². The highest BCUT2D eigenvalue weighted by Gasteiger charge is 2.42. The van der Waals surface area contributed by atoms with Crippen LogP contribution in [-0.4, -0.2) is 55.7 Å². The minimum Gasteiger partial charge on any atom is -0.368 e. The Balaban J connectivity index is 1.44. The Morgan fingerprint density at radius 3 is 2.52 bits per heavy atom. The van der Waals surface area contributed by atoms with Gasteiger partial charge in [-0.3, -0.25) is 9.69 Å². The summed E-state index contributed by atoms with van der Waals surface area (Å²) < 4.78 is 38.7. The first-order chi connectivity index (χ1) is 12.8. The third-order valence-electron chi connectivity index (χ3n) is 5.43. The number of amides is 1. The van der Waals surface area contributed by atoms with Crippen molar-refractivity contribution in [2.24, 2.45) is 5.92 Å². The predicted molar refractivity (Wildman–Crippen MR) is 100 cm³/mol. The maximum absolute atomic E-state index is 12.9. The maximum Gasteiger partial charge on any atom is 0.391 e. The molecule has 1 saturated carbocycles. The molecule has 0 radical (unpaired) electrons. The number of para-hydroxylation sites is 1. The molecule has 0 unspecified atom stereocenters. The second-order valence-corrected chi connectivity index (χ2v) is 7.79. The molecule has 150 valence electrons. The summed E-state index contributed by atoms with van der Waals surface area (Å²) in [4.78, 5) is 16.5. The summed E-state index contributed by atoms with van der Waals surface area (Å²) >= 11 is 6.23. The van der Waals surface area contributed by atoms with E-state index in [0.29, 0.717) is 31.0 Å². The summed E-state index contributed by atoms with van der Waals surface area (Å²) in [5.41, 5.74) is 0.990. The second kappa shape index (κ2) is 8.69. The van der Waals surface area contributed by atoms with Crippen LogP contribution in [0.25, 0.3) is 0 Å². The number of nitrogens with one attached hydrogen (secondary N) is 1. The van der Waals surface area contributed by atoms with Crippen LogP contribution < -0.4 is 10.2 Å². The monoisotopic (exact) mass is 403 g/mol. The molecule has 1 aliphatic heterocycles. The molecule has 2 aliphatic rings. The fourth-order valence-electron chi connectivity index (χ4n) is 3.95. The van der Waals surface area contributed by atoms with Gasteiger partial charge in [0.2, 0.25) is 5.91 Å². The highest BCUT2D eigenvalue weighted by molar-refractivity contribution is 6.33. The molecule has 0 bridgehead atoms. The van der Waals surface area contributed by atoms with Gasteiger partial charge in [-0.25, -0.2) is 0 Å². The molecule has 2 atom stereocenters. The van der Waals surface area contributed by atoms with Gasteiger partial charge in [-0.1, -0.05) is 30.2 Å². The lowest BCUT2D eigenvalue weighted by atomic mass is 9.85. The van der Waals surface area contributed by atoms with Gasteiger partial charge in [0.25, 0.3) is 0 Å². The van der Waals surface area contributed by atoms with E-state index in [1.165, 1.54) is 0 Å². The van der Waals surface area contributed by atoms with Gasteiger partial charge in [0.05, 0.1) is 23.2 Å². The Kier molecular flexibility index (Phi) is 6.52. The van der Waals surface area contributed by atoms with Crippen molar-refractivity contribution < 1.29 is 18.0 Å². The van der Waals surface area contributed by atoms with Crippen LogP contribution in [0.4, 0.5) is 18.9 Å². The number of carbonyl (C=O) groups is 1. The summed E-state index contributed by atoms with van der Waals surface area (Å²) in [6.07, 6.45) is -2.88. The number of hydrogen-bond donors (Lipinski definition) is 1. The summed E-state index contributed by atoms with van der Waals surface area (Å²) in [6, 6.07) is 7.29. The molecular formula is C19H25ClF3N3O. The average molecular weight is 404 g/mol. The zero-order valence-corrected chi connectivity index (χ0v) is 15.9. The predicted octanol–water partition coefficient (Wildman–Crippen LogP) is 3.70. The van der Waals surface area contributed by atoms with E-state index in [-0.39, 0.29) is 31.3 Å². The standard InChI is InChI=1S/C19H25ClF3N3O/c20-16-6-1-2-7-17(16)26-10-8-25(9-11-26)13-18(27)24-15-5-3-4-14(12-15)19(21,22)23/h1-2,6-7,14-15H,3-5,8-13H2,(H,24,27)/t14-,15-/m0/s1. The third-order valence-corrected chi connectivity index (χ3v) is 5.75. The Morgan fingerprint density at radius 2 is 1.85 bits per heavy atom. The first-order valence-corrected chi connectivity index (χ1v) is 9.78. The molecule has 4 nitrogen and oxygen atoms in total. The minimum absolute atomic E-state index is 0.00444. The van der Waals surface area contributed by atoms with Gasteiger partial charge in [-0.05, 0) is 31.4 Å². The smallest absolute Gasteiger partial charge is 0.368 e. The van der Waals surface area contributed by atoms with Gasteiger partial charge in [0, 0.05) is 32.2 Å². The van der Waals surface area contributed by atoms with Crippen LogP contribution in [0.1, 0.15) is 25.7 Å².